The summed E-state index contributed by atoms with van der Waals surface area (Å²) in [6.07, 6.45) is 0. The predicted octanol–water partition coefficient (Wildman–Crippen LogP) is 2.61. The van der Waals surface area contributed by atoms with Crippen LogP contribution in [0.5, 0.6) is 0 Å². The van der Waals surface area contributed by atoms with E-state index >= 15 is 0 Å². The van der Waals surface area contributed by atoms with Crippen LogP contribution in [-0.2, 0) is 9.53 Å². The van der Waals surface area contributed by atoms with Gasteiger partial charge in [0.15, 0.2) is 5.13 Å². The van der Waals surface area contributed by atoms with Crippen LogP contribution in [0.15, 0.2) is 18.2 Å². The second-order valence-electron chi connectivity index (χ2n) is 5.24. The van der Waals surface area contributed by atoms with Gasteiger partial charge in [-0.3, -0.25) is 4.79 Å². The number of esters is 1. The highest BCUT2D eigenvalue weighted by Gasteiger charge is 2.28. The molecule has 21 heavy (non-hydrogen) atoms. The van der Waals surface area contributed by atoms with Crippen molar-refractivity contribution in [3.05, 3.63) is 23.8 Å². The van der Waals surface area contributed by atoms with E-state index in [1.807, 2.05) is 0 Å². The maximum atomic E-state index is 11.6. The fourth-order valence-corrected chi connectivity index (χ4v) is 2.68. The monoisotopic (exact) mass is 308 g/mol. The molecule has 0 fully saturated rings. The number of nitrogens with zero attached hydrogens (tertiary/aromatic N) is 1. The van der Waals surface area contributed by atoms with Gasteiger partial charge in [-0.2, -0.15) is 0 Å². The molecule has 0 unspecified atom stereocenters. The van der Waals surface area contributed by atoms with Gasteiger partial charge in [0.1, 0.15) is 0 Å². The number of aromatic nitrogens is 1. The first-order valence-corrected chi connectivity index (χ1v) is 7.11. The molecule has 1 aromatic carbocycles. The molecule has 0 saturated carbocycles. The van der Waals surface area contributed by atoms with E-state index in [1.165, 1.54) is 24.5 Å². The number of hydrogen-bond acceptors (Lipinski definition) is 6. The summed E-state index contributed by atoms with van der Waals surface area (Å²) in [5, 5.41) is 12.7. The molecule has 0 atom stereocenters. The van der Waals surface area contributed by atoms with Gasteiger partial charge in [0.2, 0.25) is 0 Å². The van der Waals surface area contributed by atoms with Gasteiger partial charge in [0.05, 0.1) is 28.3 Å². The topological polar surface area (TPSA) is 88.5 Å². The molecule has 0 spiro atoms. The van der Waals surface area contributed by atoms with E-state index in [1.54, 1.807) is 26.0 Å². The van der Waals surface area contributed by atoms with Crippen LogP contribution >= 0.6 is 11.3 Å². The summed E-state index contributed by atoms with van der Waals surface area (Å²) in [4.78, 5) is 26.9. The molecule has 0 saturated heterocycles. The zero-order valence-electron chi connectivity index (χ0n) is 12.0. The number of fused-ring (bicyclic) bond motifs is 1. The Balaban J connectivity index is 2.16. The summed E-state index contributed by atoms with van der Waals surface area (Å²) in [7, 11) is 1.36. The molecule has 2 rings (SSSR count). The molecule has 7 heteroatoms. The molecular weight excluding hydrogens is 292 g/mol. The lowest BCUT2D eigenvalue weighted by atomic mass is 9.94. The predicted molar refractivity (Wildman–Crippen MR) is 80.9 cm³/mol. The molecule has 2 aromatic rings. The van der Waals surface area contributed by atoms with Crippen molar-refractivity contribution in [1.82, 2.24) is 4.98 Å². The molecule has 0 radical (unpaired) electrons. The van der Waals surface area contributed by atoms with Gasteiger partial charge in [-0.25, -0.2) is 9.78 Å². The molecule has 0 bridgehead atoms. The van der Waals surface area contributed by atoms with Gasteiger partial charge in [-0.15, -0.1) is 0 Å². The molecular formula is C14H16N2O4S. The third-order valence-corrected chi connectivity index (χ3v) is 4.03. The summed E-state index contributed by atoms with van der Waals surface area (Å²) >= 11 is 1.35. The Kier molecular flexibility index (Phi) is 4.13. The van der Waals surface area contributed by atoms with Crippen molar-refractivity contribution in [3.63, 3.8) is 0 Å². The lowest BCUT2D eigenvalue weighted by molar-refractivity contribution is -0.149. The Labute approximate surface area is 125 Å². The third-order valence-electron chi connectivity index (χ3n) is 3.05. The lowest BCUT2D eigenvalue weighted by Gasteiger charge is -2.21. The first kappa shape index (κ1) is 15.2. The number of hydrogen-bond donors (Lipinski definition) is 2. The third kappa shape index (κ3) is 3.30. The van der Waals surface area contributed by atoms with E-state index in [4.69, 9.17) is 9.84 Å². The number of ether oxygens (including phenoxy) is 1. The highest BCUT2D eigenvalue weighted by molar-refractivity contribution is 7.22. The average molecular weight is 308 g/mol. The van der Waals surface area contributed by atoms with Gasteiger partial charge in [0.25, 0.3) is 0 Å². The number of thiazole rings is 1. The molecule has 0 aliphatic rings. The van der Waals surface area contributed by atoms with Crippen LogP contribution in [0.4, 0.5) is 5.13 Å². The van der Waals surface area contributed by atoms with Crippen molar-refractivity contribution in [3.8, 4) is 0 Å². The van der Waals surface area contributed by atoms with E-state index in [-0.39, 0.29) is 11.5 Å². The number of methoxy groups -OCH3 is 1. The number of carbonyl (C=O) groups excluding carboxylic acids is 1. The fourth-order valence-electron chi connectivity index (χ4n) is 1.78. The molecule has 0 aliphatic heterocycles. The summed E-state index contributed by atoms with van der Waals surface area (Å²) in [5.74, 6) is -1.27. The van der Waals surface area contributed by atoms with E-state index in [0.717, 1.165) is 10.2 Å². The lowest BCUT2D eigenvalue weighted by Crippen LogP contribution is -2.33. The highest BCUT2D eigenvalue weighted by Crippen LogP contribution is 2.28. The van der Waals surface area contributed by atoms with Gasteiger partial charge >= 0.3 is 11.9 Å². The summed E-state index contributed by atoms with van der Waals surface area (Å²) in [5.41, 5.74) is 0.287. The minimum absolute atomic E-state index is 0.229. The van der Waals surface area contributed by atoms with Crippen LogP contribution in [0.25, 0.3) is 10.2 Å². The smallest absolute Gasteiger partial charge is 0.335 e. The van der Waals surface area contributed by atoms with Crippen LogP contribution in [0.1, 0.15) is 24.2 Å². The molecule has 0 amide bonds. The summed E-state index contributed by atoms with van der Waals surface area (Å²) < 4.78 is 5.53. The minimum Gasteiger partial charge on any atom is -0.478 e. The number of nitrogens with one attached hydrogen (secondary N) is 1. The molecule has 112 valence electrons. The van der Waals surface area contributed by atoms with Crippen molar-refractivity contribution in [2.75, 3.05) is 19.0 Å². The number of carboxylic acid groups (broad SMARTS) is 1. The van der Waals surface area contributed by atoms with Crippen LogP contribution in [0.3, 0.4) is 0 Å². The first-order chi connectivity index (χ1) is 9.83. The highest BCUT2D eigenvalue weighted by atomic mass is 32.1. The second kappa shape index (κ2) is 5.69. The molecule has 1 aromatic heterocycles. The van der Waals surface area contributed by atoms with Gasteiger partial charge < -0.3 is 15.2 Å². The number of benzene rings is 1. The van der Waals surface area contributed by atoms with E-state index in [0.29, 0.717) is 11.7 Å². The maximum absolute atomic E-state index is 11.6. The first-order valence-electron chi connectivity index (χ1n) is 6.29. The van der Waals surface area contributed by atoms with E-state index < -0.39 is 11.4 Å². The summed E-state index contributed by atoms with van der Waals surface area (Å²) in [6, 6.07) is 4.78. The Morgan fingerprint density at radius 2 is 2.14 bits per heavy atom. The van der Waals surface area contributed by atoms with Crippen LogP contribution in [0.2, 0.25) is 0 Å². The fraction of sp³-hybridized carbons (Fsp3) is 0.357. The Hall–Kier alpha value is -2.15. The zero-order valence-corrected chi connectivity index (χ0v) is 12.8. The summed E-state index contributed by atoms with van der Waals surface area (Å²) in [6.45, 7) is 3.94. The number of rotatable bonds is 5. The van der Waals surface area contributed by atoms with E-state index in [2.05, 4.69) is 10.3 Å². The van der Waals surface area contributed by atoms with E-state index in [9.17, 15) is 9.59 Å². The van der Waals surface area contributed by atoms with Crippen LogP contribution < -0.4 is 5.32 Å². The Bertz CT molecular complexity index is 693. The van der Waals surface area contributed by atoms with Crippen LogP contribution in [-0.4, -0.2) is 35.7 Å². The number of carbonyl (C=O) groups is 2. The molecule has 1 heterocycles. The van der Waals surface area contributed by atoms with Crippen LogP contribution in [0, 0.1) is 5.41 Å². The van der Waals surface area contributed by atoms with Crippen molar-refractivity contribution in [2.45, 2.75) is 13.8 Å². The Morgan fingerprint density at radius 3 is 2.76 bits per heavy atom. The van der Waals surface area contributed by atoms with Crippen molar-refractivity contribution < 1.29 is 19.4 Å². The molecule has 6 nitrogen and oxygen atoms in total. The van der Waals surface area contributed by atoms with Crippen molar-refractivity contribution >= 4 is 38.6 Å². The van der Waals surface area contributed by atoms with Crippen molar-refractivity contribution in [2.24, 2.45) is 5.41 Å². The van der Waals surface area contributed by atoms with Gasteiger partial charge in [-0.05, 0) is 32.0 Å². The standard InChI is InChI=1S/C14H16N2O4S/c1-14(2,12(19)20-3)7-15-13-16-9-5-4-8(11(17)18)6-10(9)21-13/h4-6H,7H2,1-3H3,(H,15,16)(H,17,18). The normalized spacial score (nSPS) is 11.4. The van der Waals surface area contributed by atoms with Gasteiger partial charge in [0, 0.05) is 6.54 Å². The number of carboxylic acids is 1. The largest absolute Gasteiger partial charge is 0.478 e. The second-order valence-corrected chi connectivity index (χ2v) is 6.27. The minimum atomic E-state index is -0.966. The Morgan fingerprint density at radius 1 is 1.43 bits per heavy atom. The average Bonchev–Trinajstić information content (AvgIpc) is 2.86. The quantitative estimate of drug-likeness (QED) is 0.825. The van der Waals surface area contributed by atoms with Gasteiger partial charge in [-0.1, -0.05) is 11.3 Å². The SMILES string of the molecule is COC(=O)C(C)(C)CNc1nc2ccc(C(=O)O)cc2s1. The number of aromatic carboxylic acids is 1. The maximum Gasteiger partial charge on any atom is 0.335 e. The zero-order chi connectivity index (χ0) is 15.6. The van der Waals surface area contributed by atoms with Crippen molar-refractivity contribution in [1.29, 1.82) is 0 Å². The molecule has 0 aliphatic carbocycles. The molecule has 2 N–H and O–H groups in total. The number of anilines is 1.